The number of fused-ring (bicyclic) bond motifs is 2. The summed E-state index contributed by atoms with van der Waals surface area (Å²) < 4.78 is 30.7. The van der Waals surface area contributed by atoms with Crippen molar-refractivity contribution in [1.82, 2.24) is 0 Å². The Hall–Kier alpha value is -2.63. The first-order valence-electron chi connectivity index (χ1n) is 14.5. The summed E-state index contributed by atoms with van der Waals surface area (Å²) in [7, 11) is 2.93. The maximum atomic E-state index is 15.0. The van der Waals surface area contributed by atoms with Crippen LogP contribution in [0.3, 0.4) is 0 Å². The number of carbonyl (C=O) groups excluding carboxylic acids is 3. The molecule has 0 radical (unpaired) electrons. The number of ether oxygens (including phenoxy) is 5. The molecule has 1 saturated heterocycles. The Morgan fingerprint density at radius 1 is 1.07 bits per heavy atom. The zero-order chi connectivity index (χ0) is 30.6. The monoisotopic (exact) mass is 584 g/mol. The zero-order valence-corrected chi connectivity index (χ0v) is 25.1. The van der Waals surface area contributed by atoms with E-state index in [0.717, 1.165) is 0 Å². The summed E-state index contributed by atoms with van der Waals surface area (Å²) in [6.45, 7) is 8.42. The van der Waals surface area contributed by atoms with Gasteiger partial charge in [-0.1, -0.05) is 32.0 Å². The number of rotatable bonds is 5. The van der Waals surface area contributed by atoms with E-state index in [4.69, 9.17) is 23.7 Å². The van der Waals surface area contributed by atoms with Crippen molar-refractivity contribution in [2.24, 2.45) is 22.7 Å². The van der Waals surface area contributed by atoms with Crippen LogP contribution in [0.1, 0.15) is 57.8 Å². The van der Waals surface area contributed by atoms with Crippen LogP contribution in [0, 0.1) is 22.7 Å². The first kappa shape index (κ1) is 29.4. The van der Waals surface area contributed by atoms with Gasteiger partial charge in [-0.15, -0.1) is 0 Å². The minimum atomic E-state index is -1.88. The second-order valence-corrected chi connectivity index (χ2v) is 13.2. The lowest BCUT2D eigenvalue weighted by Gasteiger charge is -2.80. The van der Waals surface area contributed by atoms with Gasteiger partial charge in [-0.05, 0) is 37.1 Å². The average Bonchev–Trinajstić information content (AvgIpc) is 2.95. The van der Waals surface area contributed by atoms with Crippen molar-refractivity contribution in [3.8, 4) is 0 Å². The molecule has 11 atom stereocenters. The third-order valence-electron chi connectivity index (χ3n) is 11.8. The van der Waals surface area contributed by atoms with Gasteiger partial charge in [0, 0.05) is 45.3 Å². The molecule has 1 aliphatic heterocycles. The van der Waals surface area contributed by atoms with Crippen molar-refractivity contribution in [1.29, 1.82) is 0 Å². The van der Waals surface area contributed by atoms with Crippen molar-refractivity contribution in [2.75, 3.05) is 20.8 Å². The third kappa shape index (κ3) is 3.10. The highest BCUT2D eigenvalue weighted by molar-refractivity contribution is 5.95. The Morgan fingerprint density at radius 2 is 1.74 bits per heavy atom. The lowest BCUT2D eigenvalue weighted by Crippen LogP contribution is -2.94. The quantitative estimate of drug-likeness (QED) is 0.392. The van der Waals surface area contributed by atoms with Gasteiger partial charge in [-0.3, -0.25) is 9.59 Å². The summed E-state index contributed by atoms with van der Waals surface area (Å²) in [6, 6.07) is 8.41. The number of carbonyl (C=O) groups is 3. The van der Waals surface area contributed by atoms with E-state index in [-0.39, 0.29) is 30.8 Å². The van der Waals surface area contributed by atoms with Crippen molar-refractivity contribution >= 4 is 17.7 Å². The number of aliphatic hydroxyl groups excluding tert-OH is 1. The van der Waals surface area contributed by atoms with Gasteiger partial charge in [0.15, 0.2) is 17.0 Å². The van der Waals surface area contributed by atoms with Gasteiger partial charge in [-0.25, -0.2) is 4.79 Å². The molecule has 1 heterocycles. The summed E-state index contributed by atoms with van der Waals surface area (Å²) in [5.74, 6) is -3.38. The van der Waals surface area contributed by atoms with Gasteiger partial charge in [0.05, 0.1) is 35.7 Å². The molecule has 42 heavy (non-hydrogen) atoms. The maximum absolute atomic E-state index is 15.0. The van der Waals surface area contributed by atoms with Crippen molar-refractivity contribution in [2.45, 2.75) is 88.7 Å². The van der Waals surface area contributed by atoms with Crippen LogP contribution in [0.15, 0.2) is 41.5 Å². The predicted octanol–water partition coefficient (Wildman–Crippen LogP) is 2.39. The number of Topliss-reactive ketones (excluding diaryl/α,β-unsaturated/α-hetero) is 1. The fourth-order valence-corrected chi connectivity index (χ4v) is 9.85. The van der Waals surface area contributed by atoms with E-state index in [9.17, 15) is 19.8 Å². The molecule has 0 amide bonds. The van der Waals surface area contributed by atoms with Gasteiger partial charge in [0.2, 0.25) is 0 Å². The largest absolute Gasteiger partial charge is 0.453 e. The van der Waals surface area contributed by atoms with E-state index < -0.39 is 75.8 Å². The van der Waals surface area contributed by atoms with E-state index in [1.54, 1.807) is 44.2 Å². The number of benzene rings is 1. The Kier molecular flexibility index (Phi) is 6.44. The fourth-order valence-electron chi connectivity index (χ4n) is 9.85. The molecular weight excluding hydrogens is 544 g/mol. The van der Waals surface area contributed by atoms with E-state index in [1.807, 2.05) is 13.8 Å². The molecule has 4 bridgehead atoms. The summed E-state index contributed by atoms with van der Waals surface area (Å²) in [5.41, 5.74) is -6.45. The van der Waals surface area contributed by atoms with E-state index in [2.05, 4.69) is 0 Å². The smallest absolute Gasteiger partial charge is 0.338 e. The number of hydrogen-bond donors (Lipinski definition) is 2. The lowest BCUT2D eigenvalue weighted by atomic mass is 9.28. The minimum Gasteiger partial charge on any atom is -0.453 e. The topological polar surface area (TPSA) is 138 Å². The number of aliphatic hydroxyl groups is 2. The van der Waals surface area contributed by atoms with Crippen LogP contribution in [-0.2, 0) is 33.3 Å². The zero-order valence-electron chi connectivity index (χ0n) is 25.1. The molecular formula is C32H40O10. The molecule has 7 rings (SSSR count). The Bertz CT molecular complexity index is 1370. The van der Waals surface area contributed by atoms with E-state index in [1.165, 1.54) is 21.1 Å². The average molecular weight is 585 g/mol. The maximum Gasteiger partial charge on any atom is 0.338 e. The number of methoxy groups -OCH3 is 2. The molecule has 10 nitrogen and oxygen atoms in total. The number of ketones is 1. The number of esters is 2. The van der Waals surface area contributed by atoms with Crippen LogP contribution >= 0.6 is 0 Å². The van der Waals surface area contributed by atoms with Crippen LogP contribution < -0.4 is 0 Å². The Labute approximate surface area is 245 Å². The SMILES string of the molecule is CO[C@H]1C(=O)[C@]2(C)[C@@H](OC)C[C@H]3OC[C@@]3(OC(C)=O)[C@H]2[C@]2(OC(=O)c3ccccc3)[C@@H](C)[C@@]3(C)C1=C(C)[C@@H](O)C[C@@]23O. The second kappa shape index (κ2) is 9.19. The summed E-state index contributed by atoms with van der Waals surface area (Å²) in [5, 5.41) is 24.5. The molecule has 10 heteroatoms. The molecule has 0 aromatic heterocycles. The van der Waals surface area contributed by atoms with Crippen LogP contribution in [0.5, 0.6) is 0 Å². The second-order valence-electron chi connectivity index (χ2n) is 13.2. The van der Waals surface area contributed by atoms with Gasteiger partial charge in [0.1, 0.15) is 17.8 Å². The van der Waals surface area contributed by atoms with Crippen LogP contribution in [0.25, 0.3) is 0 Å². The summed E-state index contributed by atoms with van der Waals surface area (Å²) >= 11 is 0. The first-order chi connectivity index (χ1) is 19.7. The van der Waals surface area contributed by atoms with Crippen molar-refractivity contribution in [3.63, 3.8) is 0 Å². The molecule has 5 aliphatic carbocycles. The highest BCUT2D eigenvalue weighted by Gasteiger charge is 2.91. The highest BCUT2D eigenvalue weighted by Crippen LogP contribution is 2.78. The summed E-state index contributed by atoms with van der Waals surface area (Å²) in [4.78, 5) is 41.8. The molecule has 5 fully saturated rings. The summed E-state index contributed by atoms with van der Waals surface area (Å²) in [6.07, 6.45) is -3.66. The number of hydrogen-bond acceptors (Lipinski definition) is 10. The molecule has 1 aromatic rings. The molecule has 0 unspecified atom stereocenters. The molecule has 6 aliphatic rings. The van der Waals surface area contributed by atoms with Gasteiger partial charge in [-0.2, -0.15) is 0 Å². The van der Waals surface area contributed by atoms with Crippen LogP contribution in [0.2, 0.25) is 0 Å². The molecule has 228 valence electrons. The van der Waals surface area contributed by atoms with Gasteiger partial charge < -0.3 is 33.9 Å². The fraction of sp³-hybridized carbons (Fsp3) is 0.656. The molecule has 1 aromatic carbocycles. The lowest BCUT2D eigenvalue weighted by molar-refractivity contribution is -0.424. The minimum absolute atomic E-state index is 0.0622. The Morgan fingerprint density at radius 3 is 2.29 bits per heavy atom. The van der Waals surface area contributed by atoms with Crippen molar-refractivity contribution in [3.05, 3.63) is 47.0 Å². The Balaban J connectivity index is 1.71. The highest BCUT2D eigenvalue weighted by atomic mass is 16.6. The van der Waals surface area contributed by atoms with E-state index >= 15 is 4.79 Å². The van der Waals surface area contributed by atoms with Gasteiger partial charge >= 0.3 is 11.9 Å². The predicted molar refractivity (Wildman–Crippen MR) is 147 cm³/mol. The molecule has 0 spiro atoms. The van der Waals surface area contributed by atoms with E-state index in [0.29, 0.717) is 11.1 Å². The van der Waals surface area contributed by atoms with Crippen molar-refractivity contribution < 1.29 is 48.3 Å². The van der Waals surface area contributed by atoms with Crippen LogP contribution in [0.4, 0.5) is 0 Å². The first-order valence-corrected chi connectivity index (χ1v) is 14.5. The standard InChI is InChI=1S/C32H40O10/c1-16-20(34)14-31(37)29(5)17(2)32(31,42-26(36)19-11-9-8-10-12-19)27-28(4,25(35)24(39-7)23(16)29)21(38-6)13-22-30(27,15-40-22)41-18(3)33/h8-12,17,20-22,24,27,34,37H,13-15H2,1-7H3/t17-,20-,21-,22+,24+,27-,28-,29-,30-,31-,32+/m0/s1. The normalized spacial score (nSPS) is 47.1. The van der Waals surface area contributed by atoms with Gasteiger partial charge in [0.25, 0.3) is 0 Å². The molecule has 2 N–H and O–H groups in total. The molecule has 4 saturated carbocycles. The van der Waals surface area contributed by atoms with Crippen LogP contribution in [-0.4, -0.2) is 90.0 Å². The third-order valence-corrected chi connectivity index (χ3v) is 11.8.